The molecule has 0 fully saturated rings. The van der Waals surface area contributed by atoms with Crippen LogP contribution < -0.4 is 14.4 Å². The molecule has 0 aliphatic carbocycles. The first kappa shape index (κ1) is 21.2. The summed E-state index contributed by atoms with van der Waals surface area (Å²) in [4.78, 5) is 14.5. The predicted molar refractivity (Wildman–Crippen MR) is 115 cm³/mol. The van der Waals surface area contributed by atoms with E-state index in [0.717, 1.165) is 29.7 Å². The molecule has 1 aliphatic rings. The number of hydrogen-bond acceptors (Lipinski definition) is 4. The Balaban J connectivity index is 1.91. The zero-order valence-corrected chi connectivity index (χ0v) is 18.4. The summed E-state index contributed by atoms with van der Waals surface area (Å²) in [6, 6.07) is 8.73. The van der Waals surface area contributed by atoms with Crippen molar-refractivity contribution in [3.63, 3.8) is 0 Å². The van der Waals surface area contributed by atoms with Gasteiger partial charge in [-0.2, -0.15) is 0 Å². The minimum absolute atomic E-state index is 0.0829. The number of amides is 1. The van der Waals surface area contributed by atoms with Gasteiger partial charge in [-0.25, -0.2) is 8.42 Å². The molecule has 6 nitrogen and oxygen atoms in total. The van der Waals surface area contributed by atoms with Crippen LogP contribution in [0, 0.1) is 19.8 Å². The summed E-state index contributed by atoms with van der Waals surface area (Å²) in [5, 5.41) is 0. The Hall–Kier alpha value is -2.54. The maximum absolute atomic E-state index is 13.0. The van der Waals surface area contributed by atoms with Crippen LogP contribution in [0.1, 0.15) is 37.0 Å². The summed E-state index contributed by atoms with van der Waals surface area (Å²) in [7, 11) is -2.18. The van der Waals surface area contributed by atoms with E-state index < -0.39 is 10.0 Å². The van der Waals surface area contributed by atoms with Gasteiger partial charge in [-0.15, -0.1) is 0 Å². The summed E-state index contributed by atoms with van der Waals surface area (Å²) in [5.74, 6) is 0.661. The molecular weight excluding hydrogens is 388 g/mol. The normalized spacial score (nSPS) is 13.9. The molecule has 1 amide bonds. The van der Waals surface area contributed by atoms with Gasteiger partial charge in [0.1, 0.15) is 5.75 Å². The molecule has 1 N–H and O–H groups in total. The quantitative estimate of drug-likeness (QED) is 0.798. The number of rotatable bonds is 5. The maximum atomic E-state index is 13.0. The number of hydrogen-bond donors (Lipinski definition) is 1. The van der Waals surface area contributed by atoms with Crippen molar-refractivity contribution in [1.82, 2.24) is 0 Å². The summed E-state index contributed by atoms with van der Waals surface area (Å²) in [5.41, 5.74) is 3.72. The molecule has 0 atom stereocenters. The van der Waals surface area contributed by atoms with E-state index >= 15 is 0 Å². The number of aryl methyl sites for hydroxylation is 3. The van der Waals surface area contributed by atoms with Gasteiger partial charge in [0.15, 0.2) is 0 Å². The molecule has 1 aliphatic heterocycles. The van der Waals surface area contributed by atoms with Gasteiger partial charge < -0.3 is 9.64 Å². The van der Waals surface area contributed by atoms with Gasteiger partial charge in [-0.05, 0) is 73.7 Å². The van der Waals surface area contributed by atoms with Crippen LogP contribution in [-0.4, -0.2) is 28.0 Å². The lowest BCUT2D eigenvalue weighted by Gasteiger charge is -2.31. The van der Waals surface area contributed by atoms with Gasteiger partial charge in [-0.3, -0.25) is 9.52 Å². The molecule has 2 aromatic rings. The van der Waals surface area contributed by atoms with Gasteiger partial charge in [0.2, 0.25) is 5.91 Å². The second-order valence-electron chi connectivity index (χ2n) is 7.78. The minimum atomic E-state index is -3.75. The lowest BCUT2D eigenvalue weighted by molar-refractivity contribution is -0.121. The average molecular weight is 417 g/mol. The van der Waals surface area contributed by atoms with Crippen molar-refractivity contribution in [3.05, 3.63) is 47.0 Å². The van der Waals surface area contributed by atoms with E-state index in [-0.39, 0.29) is 16.7 Å². The van der Waals surface area contributed by atoms with Gasteiger partial charge in [0.25, 0.3) is 10.0 Å². The highest BCUT2D eigenvalue weighted by atomic mass is 32.2. The van der Waals surface area contributed by atoms with Crippen LogP contribution in [0.2, 0.25) is 0 Å². The van der Waals surface area contributed by atoms with E-state index in [2.05, 4.69) is 4.72 Å². The van der Waals surface area contributed by atoms with Gasteiger partial charge in [-0.1, -0.05) is 13.8 Å². The number of fused-ring (bicyclic) bond motifs is 1. The number of anilines is 2. The van der Waals surface area contributed by atoms with E-state index in [1.807, 2.05) is 32.9 Å². The second-order valence-corrected chi connectivity index (χ2v) is 9.44. The van der Waals surface area contributed by atoms with Crippen LogP contribution in [0.15, 0.2) is 35.2 Å². The molecule has 7 heteroatoms. The topological polar surface area (TPSA) is 75.7 Å². The van der Waals surface area contributed by atoms with Crippen LogP contribution in [0.25, 0.3) is 0 Å². The molecule has 0 bridgehead atoms. The molecule has 29 heavy (non-hydrogen) atoms. The molecule has 0 spiro atoms. The zero-order chi connectivity index (χ0) is 21.3. The minimum Gasteiger partial charge on any atom is -0.496 e. The first-order chi connectivity index (χ1) is 13.6. The van der Waals surface area contributed by atoms with Crippen LogP contribution in [0.4, 0.5) is 11.4 Å². The molecular formula is C22H28N2O4S. The molecule has 1 heterocycles. The van der Waals surface area contributed by atoms with Gasteiger partial charge >= 0.3 is 0 Å². The fraction of sp³-hybridized carbons (Fsp3) is 0.409. The largest absolute Gasteiger partial charge is 0.496 e. The smallest absolute Gasteiger partial charge is 0.262 e. The number of methoxy groups -OCH3 is 1. The summed E-state index contributed by atoms with van der Waals surface area (Å²) < 4.78 is 33.9. The number of carbonyl (C=O) groups excluding carboxylic acids is 1. The molecule has 156 valence electrons. The number of benzene rings is 2. The van der Waals surface area contributed by atoms with Gasteiger partial charge in [0.05, 0.1) is 12.0 Å². The third-order valence-corrected chi connectivity index (χ3v) is 6.72. The lowest BCUT2D eigenvalue weighted by Crippen LogP contribution is -2.38. The highest BCUT2D eigenvalue weighted by molar-refractivity contribution is 7.92. The highest BCUT2D eigenvalue weighted by Gasteiger charge is 2.25. The standard InChI is InChI=1S/C22H28N2O4S/c1-14(2)22(25)24-10-6-7-17-13-18(8-9-19(17)24)23-29(26,27)21-12-15(3)20(28-5)11-16(21)4/h8-9,11-14,23H,6-7,10H2,1-5H3. The molecule has 0 saturated heterocycles. The zero-order valence-electron chi connectivity index (χ0n) is 17.6. The van der Waals surface area contributed by atoms with Crippen LogP contribution in [-0.2, 0) is 21.2 Å². The third kappa shape index (κ3) is 4.24. The van der Waals surface area contributed by atoms with Crippen molar-refractivity contribution < 1.29 is 17.9 Å². The first-order valence-corrected chi connectivity index (χ1v) is 11.2. The van der Waals surface area contributed by atoms with Crippen LogP contribution in [0.3, 0.4) is 0 Å². The fourth-order valence-corrected chi connectivity index (χ4v) is 5.05. The number of carbonyl (C=O) groups is 1. The highest BCUT2D eigenvalue weighted by Crippen LogP contribution is 2.32. The van der Waals surface area contributed by atoms with E-state index in [0.29, 0.717) is 23.5 Å². The number of ether oxygens (including phenoxy) is 1. The van der Waals surface area contributed by atoms with Crippen molar-refractivity contribution in [3.8, 4) is 5.75 Å². The van der Waals surface area contributed by atoms with Crippen LogP contribution in [0.5, 0.6) is 5.75 Å². The molecule has 0 unspecified atom stereocenters. The second kappa shape index (κ2) is 8.06. The van der Waals surface area contributed by atoms with Crippen molar-refractivity contribution in [2.45, 2.75) is 45.4 Å². The summed E-state index contributed by atoms with van der Waals surface area (Å²) in [6.45, 7) is 8.03. The maximum Gasteiger partial charge on any atom is 0.262 e. The van der Waals surface area contributed by atoms with Crippen molar-refractivity contribution in [2.24, 2.45) is 5.92 Å². The number of sulfonamides is 1. The third-order valence-electron chi connectivity index (χ3n) is 5.19. The SMILES string of the molecule is COc1cc(C)c(S(=O)(=O)Nc2ccc3c(c2)CCCN3C(=O)C(C)C)cc1C. The molecule has 0 radical (unpaired) electrons. The summed E-state index contributed by atoms with van der Waals surface area (Å²) in [6.07, 6.45) is 1.67. The van der Waals surface area contributed by atoms with Gasteiger partial charge in [0, 0.05) is 23.8 Å². The first-order valence-electron chi connectivity index (χ1n) is 9.76. The molecule has 0 aromatic heterocycles. The Bertz CT molecular complexity index is 1050. The van der Waals surface area contributed by atoms with Crippen molar-refractivity contribution >= 4 is 27.3 Å². The van der Waals surface area contributed by atoms with Crippen molar-refractivity contribution in [1.29, 1.82) is 0 Å². The average Bonchev–Trinajstić information content (AvgIpc) is 2.67. The Morgan fingerprint density at radius 3 is 2.52 bits per heavy atom. The lowest BCUT2D eigenvalue weighted by atomic mass is 9.99. The summed E-state index contributed by atoms with van der Waals surface area (Å²) >= 11 is 0. The Labute approximate surface area is 172 Å². The van der Waals surface area contributed by atoms with E-state index in [1.165, 1.54) is 0 Å². The van der Waals surface area contributed by atoms with Crippen LogP contribution >= 0.6 is 0 Å². The molecule has 3 rings (SSSR count). The Morgan fingerprint density at radius 1 is 1.14 bits per heavy atom. The van der Waals surface area contributed by atoms with E-state index in [4.69, 9.17) is 4.74 Å². The fourth-order valence-electron chi connectivity index (χ4n) is 3.68. The Kier molecular flexibility index (Phi) is 5.89. The monoisotopic (exact) mass is 416 g/mol. The Morgan fingerprint density at radius 2 is 1.86 bits per heavy atom. The van der Waals surface area contributed by atoms with Crippen molar-refractivity contribution in [2.75, 3.05) is 23.3 Å². The van der Waals surface area contributed by atoms with E-state index in [1.54, 1.807) is 37.1 Å². The van der Waals surface area contributed by atoms with E-state index in [9.17, 15) is 13.2 Å². The molecule has 0 saturated carbocycles. The number of nitrogens with zero attached hydrogens (tertiary/aromatic N) is 1. The molecule has 2 aromatic carbocycles. The predicted octanol–water partition coefficient (Wildman–Crippen LogP) is 4.05. The number of nitrogens with one attached hydrogen (secondary N) is 1.